The molecule has 5 heteroatoms. The molecule has 0 spiro atoms. The maximum absolute atomic E-state index is 13.0. The molecule has 3 nitrogen and oxygen atoms in total. The molecule has 0 saturated heterocycles. The number of aromatic nitrogens is 3. The van der Waals surface area contributed by atoms with Gasteiger partial charge in [-0.3, -0.25) is 0 Å². The van der Waals surface area contributed by atoms with E-state index in [9.17, 15) is 4.39 Å². The van der Waals surface area contributed by atoms with E-state index in [4.69, 9.17) is 11.6 Å². The highest BCUT2D eigenvalue weighted by atomic mass is 35.5. The molecule has 0 aliphatic carbocycles. The molecule has 0 N–H and O–H groups in total. The summed E-state index contributed by atoms with van der Waals surface area (Å²) in [6.45, 7) is 4.46. The Balaban J connectivity index is 2.16. The molecule has 96 valence electrons. The molecule has 1 aromatic carbocycles. The lowest BCUT2D eigenvalue weighted by Gasteiger charge is -2.05. The van der Waals surface area contributed by atoms with Crippen molar-refractivity contribution in [2.75, 3.05) is 0 Å². The first-order valence-electron chi connectivity index (χ1n) is 5.89. The average Bonchev–Trinajstić information content (AvgIpc) is 2.80. The Morgan fingerprint density at radius 1 is 1.44 bits per heavy atom. The molecule has 1 heterocycles. The standard InChI is InChI=1S/C13H15ClFN3/c1-3-12(14)13-8-18(17-16-13)7-10-4-5-11(15)6-9(10)2/h4-6,8,12H,3,7H2,1-2H3. The van der Waals surface area contributed by atoms with Crippen molar-refractivity contribution in [3.63, 3.8) is 0 Å². The lowest BCUT2D eigenvalue weighted by Crippen LogP contribution is -2.02. The van der Waals surface area contributed by atoms with E-state index in [2.05, 4.69) is 10.3 Å². The minimum atomic E-state index is -0.220. The highest BCUT2D eigenvalue weighted by Gasteiger charge is 2.10. The number of nitrogens with zero attached hydrogens (tertiary/aromatic N) is 3. The molecule has 0 fully saturated rings. The summed E-state index contributed by atoms with van der Waals surface area (Å²) >= 11 is 6.09. The monoisotopic (exact) mass is 267 g/mol. The Labute approximate surface area is 111 Å². The maximum Gasteiger partial charge on any atom is 0.123 e. The van der Waals surface area contributed by atoms with Crippen LogP contribution in [0, 0.1) is 12.7 Å². The van der Waals surface area contributed by atoms with Crippen molar-refractivity contribution in [1.29, 1.82) is 0 Å². The van der Waals surface area contributed by atoms with Crippen LogP contribution in [0.15, 0.2) is 24.4 Å². The lowest BCUT2D eigenvalue weighted by atomic mass is 10.1. The molecule has 1 atom stereocenters. The van der Waals surface area contributed by atoms with E-state index in [1.807, 2.05) is 20.0 Å². The molecule has 18 heavy (non-hydrogen) atoms. The smallest absolute Gasteiger partial charge is 0.123 e. The number of benzene rings is 1. The van der Waals surface area contributed by atoms with E-state index >= 15 is 0 Å². The molecule has 1 aromatic heterocycles. The Morgan fingerprint density at radius 3 is 2.89 bits per heavy atom. The Bertz CT molecular complexity index is 539. The third-order valence-corrected chi connectivity index (χ3v) is 3.40. The van der Waals surface area contributed by atoms with Crippen molar-refractivity contribution in [2.24, 2.45) is 0 Å². The molecule has 1 unspecified atom stereocenters. The number of halogens is 2. The fourth-order valence-corrected chi connectivity index (χ4v) is 1.85. The van der Waals surface area contributed by atoms with Gasteiger partial charge in [0.15, 0.2) is 0 Å². The second kappa shape index (κ2) is 5.48. The van der Waals surface area contributed by atoms with Gasteiger partial charge < -0.3 is 0 Å². The predicted octanol–water partition coefficient (Wildman–Crippen LogP) is 3.46. The van der Waals surface area contributed by atoms with Crippen LogP contribution in [-0.4, -0.2) is 15.0 Å². The zero-order valence-corrected chi connectivity index (χ0v) is 11.2. The van der Waals surface area contributed by atoms with Crippen LogP contribution in [0.25, 0.3) is 0 Å². The van der Waals surface area contributed by atoms with Crippen LogP contribution in [0.1, 0.15) is 35.5 Å². The summed E-state index contributed by atoms with van der Waals surface area (Å²) in [5, 5.41) is 7.97. The largest absolute Gasteiger partial charge is 0.248 e. The summed E-state index contributed by atoms with van der Waals surface area (Å²) in [6, 6.07) is 4.74. The summed E-state index contributed by atoms with van der Waals surface area (Å²) in [5.41, 5.74) is 2.71. The minimum absolute atomic E-state index is 0.104. The van der Waals surface area contributed by atoms with Crippen molar-refractivity contribution in [1.82, 2.24) is 15.0 Å². The van der Waals surface area contributed by atoms with E-state index in [-0.39, 0.29) is 11.2 Å². The van der Waals surface area contributed by atoms with Gasteiger partial charge in [0.05, 0.1) is 18.1 Å². The number of hydrogen-bond acceptors (Lipinski definition) is 2. The molecule has 0 amide bonds. The second-order valence-corrected chi connectivity index (χ2v) is 4.81. The van der Waals surface area contributed by atoms with Gasteiger partial charge >= 0.3 is 0 Å². The number of aryl methyl sites for hydroxylation is 1. The third-order valence-electron chi connectivity index (χ3n) is 2.87. The van der Waals surface area contributed by atoms with E-state index in [1.54, 1.807) is 10.7 Å². The summed E-state index contributed by atoms with van der Waals surface area (Å²) in [5.74, 6) is -0.220. The van der Waals surface area contributed by atoms with Crippen molar-refractivity contribution in [2.45, 2.75) is 32.2 Å². The highest BCUT2D eigenvalue weighted by Crippen LogP contribution is 2.21. The predicted molar refractivity (Wildman–Crippen MR) is 69.1 cm³/mol. The van der Waals surface area contributed by atoms with Gasteiger partial charge in [-0.25, -0.2) is 9.07 Å². The Kier molecular flexibility index (Phi) is 3.97. The van der Waals surface area contributed by atoms with Gasteiger partial charge in [-0.2, -0.15) is 0 Å². The topological polar surface area (TPSA) is 30.7 Å². The SMILES string of the molecule is CCC(Cl)c1cn(Cc2ccc(F)cc2C)nn1. The van der Waals surface area contributed by atoms with Crippen LogP contribution in [0.5, 0.6) is 0 Å². The number of hydrogen-bond donors (Lipinski definition) is 0. The zero-order valence-electron chi connectivity index (χ0n) is 10.4. The van der Waals surface area contributed by atoms with E-state index in [0.29, 0.717) is 6.54 Å². The molecule has 0 saturated carbocycles. The van der Waals surface area contributed by atoms with Crippen LogP contribution in [0.3, 0.4) is 0 Å². The second-order valence-electron chi connectivity index (χ2n) is 4.29. The average molecular weight is 268 g/mol. The molecule has 0 radical (unpaired) electrons. The quantitative estimate of drug-likeness (QED) is 0.794. The van der Waals surface area contributed by atoms with E-state index < -0.39 is 0 Å². The summed E-state index contributed by atoms with van der Waals surface area (Å²) in [4.78, 5) is 0. The normalized spacial score (nSPS) is 12.7. The summed E-state index contributed by atoms with van der Waals surface area (Å²) in [7, 11) is 0. The Hall–Kier alpha value is -1.42. The van der Waals surface area contributed by atoms with Crippen molar-refractivity contribution in [3.05, 3.63) is 47.0 Å². The van der Waals surface area contributed by atoms with Gasteiger partial charge in [-0.1, -0.05) is 18.2 Å². The van der Waals surface area contributed by atoms with Crippen LogP contribution in [0.4, 0.5) is 4.39 Å². The first kappa shape index (κ1) is 13.0. The van der Waals surface area contributed by atoms with Crippen LogP contribution in [0.2, 0.25) is 0 Å². The van der Waals surface area contributed by atoms with Gasteiger partial charge in [0.25, 0.3) is 0 Å². The summed E-state index contributed by atoms with van der Waals surface area (Å²) < 4.78 is 14.7. The van der Waals surface area contributed by atoms with Crippen molar-refractivity contribution < 1.29 is 4.39 Å². The zero-order chi connectivity index (χ0) is 13.1. The third kappa shape index (κ3) is 2.88. The fourth-order valence-electron chi connectivity index (χ4n) is 1.75. The molecular weight excluding hydrogens is 253 g/mol. The van der Waals surface area contributed by atoms with Gasteiger partial charge in [-0.15, -0.1) is 16.7 Å². The highest BCUT2D eigenvalue weighted by molar-refractivity contribution is 6.20. The maximum atomic E-state index is 13.0. The van der Waals surface area contributed by atoms with Crippen molar-refractivity contribution in [3.8, 4) is 0 Å². The van der Waals surface area contributed by atoms with Crippen LogP contribution in [-0.2, 0) is 6.54 Å². The number of alkyl halides is 1. The summed E-state index contributed by atoms with van der Waals surface area (Å²) in [6.07, 6.45) is 2.65. The van der Waals surface area contributed by atoms with Crippen LogP contribution >= 0.6 is 11.6 Å². The van der Waals surface area contributed by atoms with Crippen molar-refractivity contribution >= 4 is 11.6 Å². The minimum Gasteiger partial charge on any atom is -0.248 e. The lowest BCUT2D eigenvalue weighted by molar-refractivity contribution is 0.619. The van der Waals surface area contributed by atoms with E-state index in [1.165, 1.54) is 12.1 Å². The molecule has 0 aliphatic heterocycles. The first-order valence-corrected chi connectivity index (χ1v) is 6.33. The van der Waals surface area contributed by atoms with Gasteiger partial charge in [0, 0.05) is 0 Å². The first-order chi connectivity index (χ1) is 8.60. The molecule has 2 aromatic rings. The van der Waals surface area contributed by atoms with Gasteiger partial charge in [0.2, 0.25) is 0 Å². The molecule has 0 bridgehead atoms. The fraction of sp³-hybridized carbons (Fsp3) is 0.385. The van der Waals surface area contributed by atoms with E-state index in [0.717, 1.165) is 23.2 Å². The van der Waals surface area contributed by atoms with Gasteiger partial charge in [0.1, 0.15) is 11.5 Å². The molecule has 2 rings (SSSR count). The Morgan fingerprint density at radius 2 is 2.22 bits per heavy atom. The number of rotatable bonds is 4. The molecule has 0 aliphatic rings. The van der Waals surface area contributed by atoms with Crippen LogP contribution < -0.4 is 0 Å². The molecular formula is C13H15ClFN3. The van der Waals surface area contributed by atoms with Gasteiger partial charge in [-0.05, 0) is 36.6 Å².